The first-order chi connectivity index (χ1) is 12.2. The minimum Gasteiger partial charge on any atom is -0.486 e. The minimum absolute atomic E-state index is 0.0909. The molecule has 0 saturated heterocycles. The first-order valence-corrected chi connectivity index (χ1v) is 7.76. The van der Waals surface area contributed by atoms with Gasteiger partial charge in [-0.1, -0.05) is 12.1 Å². The van der Waals surface area contributed by atoms with Crippen LogP contribution in [0, 0.1) is 5.82 Å². The molecule has 0 bridgehead atoms. The largest absolute Gasteiger partial charge is 0.486 e. The predicted octanol–water partition coefficient (Wildman–Crippen LogP) is 4.11. The van der Waals surface area contributed by atoms with Gasteiger partial charge in [0.25, 0.3) is 5.91 Å². The van der Waals surface area contributed by atoms with Gasteiger partial charge in [0, 0.05) is 11.8 Å². The summed E-state index contributed by atoms with van der Waals surface area (Å²) in [5.41, 5.74) is 0.860. The zero-order valence-corrected chi connectivity index (χ0v) is 13.1. The summed E-state index contributed by atoms with van der Waals surface area (Å²) in [6.45, 7) is 0.971. The lowest BCUT2D eigenvalue weighted by atomic mass is 10.1. The Morgan fingerprint density at radius 2 is 1.76 bits per heavy atom. The standard InChI is InChI=1S/C19H14FNO4/c20-14-4-2-1-3-13(14)15-7-8-17(25-15)19(22)21-12-5-6-16-18(11-12)24-10-9-23-16/h1-8,11H,9-10H2,(H,21,22). The maximum Gasteiger partial charge on any atom is 0.291 e. The predicted molar refractivity (Wildman–Crippen MR) is 89.5 cm³/mol. The SMILES string of the molecule is O=C(Nc1ccc2c(c1)OCCO2)c1ccc(-c2ccccc2F)o1. The fourth-order valence-corrected chi connectivity index (χ4v) is 2.58. The molecule has 0 radical (unpaired) electrons. The van der Waals surface area contributed by atoms with Crippen molar-refractivity contribution in [3.63, 3.8) is 0 Å². The highest BCUT2D eigenvalue weighted by Crippen LogP contribution is 2.33. The Morgan fingerprint density at radius 3 is 2.60 bits per heavy atom. The molecule has 1 amide bonds. The number of ether oxygens (including phenoxy) is 2. The molecule has 3 aromatic rings. The van der Waals surface area contributed by atoms with Crippen LogP contribution in [-0.4, -0.2) is 19.1 Å². The van der Waals surface area contributed by atoms with Gasteiger partial charge in [-0.05, 0) is 36.4 Å². The van der Waals surface area contributed by atoms with Crippen molar-refractivity contribution in [1.82, 2.24) is 0 Å². The first-order valence-electron chi connectivity index (χ1n) is 7.76. The fourth-order valence-electron chi connectivity index (χ4n) is 2.58. The van der Waals surface area contributed by atoms with Gasteiger partial charge in [0.05, 0.1) is 5.56 Å². The summed E-state index contributed by atoms with van der Waals surface area (Å²) in [7, 11) is 0. The number of halogens is 1. The van der Waals surface area contributed by atoms with Crippen molar-refractivity contribution in [2.24, 2.45) is 0 Å². The molecule has 0 unspecified atom stereocenters. The van der Waals surface area contributed by atoms with E-state index in [0.29, 0.717) is 41.7 Å². The van der Waals surface area contributed by atoms with Crippen LogP contribution in [0.25, 0.3) is 11.3 Å². The molecule has 5 nitrogen and oxygen atoms in total. The first kappa shape index (κ1) is 15.3. The molecule has 25 heavy (non-hydrogen) atoms. The van der Waals surface area contributed by atoms with Crippen molar-refractivity contribution in [2.45, 2.75) is 0 Å². The third-order valence-electron chi connectivity index (χ3n) is 3.77. The van der Waals surface area contributed by atoms with E-state index in [0.717, 1.165) is 0 Å². The summed E-state index contributed by atoms with van der Waals surface area (Å²) >= 11 is 0. The molecule has 0 saturated carbocycles. The van der Waals surface area contributed by atoms with E-state index in [1.54, 1.807) is 42.5 Å². The lowest BCUT2D eigenvalue weighted by molar-refractivity contribution is 0.0997. The van der Waals surface area contributed by atoms with Crippen molar-refractivity contribution < 1.29 is 23.1 Å². The second-order valence-corrected chi connectivity index (χ2v) is 5.46. The number of fused-ring (bicyclic) bond motifs is 1. The quantitative estimate of drug-likeness (QED) is 0.780. The van der Waals surface area contributed by atoms with Gasteiger partial charge in [0.15, 0.2) is 17.3 Å². The topological polar surface area (TPSA) is 60.7 Å². The number of furan rings is 1. The van der Waals surface area contributed by atoms with Gasteiger partial charge in [-0.25, -0.2) is 4.39 Å². The van der Waals surface area contributed by atoms with Crippen LogP contribution in [0.2, 0.25) is 0 Å². The summed E-state index contributed by atoms with van der Waals surface area (Å²) in [4.78, 5) is 12.3. The summed E-state index contributed by atoms with van der Waals surface area (Å²) in [5.74, 6) is 0.771. The Hall–Kier alpha value is -3.28. The van der Waals surface area contributed by atoms with Gasteiger partial charge < -0.3 is 19.2 Å². The molecule has 2 heterocycles. The molecule has 1 aliphatic rings. The number of hydrogen-bond donors (Lipinski definition) is 1. The average Bonchev–Trinajstić information content (AvgIpc) is 3.12. The van der Waals surface area contributed by atoms with E-state index < -0.39 is 11.7 Å². The Morgan fingerprint density at radius 1 is 0.960 bits per heavy atom. The van der Waals surface area contributed by atoms with Crippen LogP contribution in [0.3, 0.4) is 0 Å². The second-order valence-electron chi connectivity index (χ2n) is 5.46. The molecule has 1 N–H and O–H groups in total. The lowest BCUT2D eigenvalue weighted by Gasteiger charge is -2.18. The van der Waals surface area contributed by atoms with Crippen LogP contribution in [-0.2, 0) is 0 Å². The molecule has 1 aromatic heterocycles. The van der Waals surface area contributed by atoms with Gasteiger partial charge >= 0.3 is 0 Å². The zero-order valence-electron chi connectivity index (χ0n) is 13.1. The highest BCUT2D eigenvalue weighted by Gasteiger charge is 2.16. The van der Waals surface area contributed by atoms with Crippen LogP contribution in [0.1, 0.15) is 10.6 Å². The van der Waals surface area contributed by atoms with E-state index in [1.165, 1.54) is 12.1 Å². The number of rotatable bonds is 3. The Labute approximate surface area is 143 Å². The molecule has 2 aromatic carbocycles. The second kappa shape index (κ2) is 6.32. The zero-order chi connectivity index (χ0) is 17.2. The molecule has 6 heteroatoms. The van der Waals surface area contributed by atoms with Crippen molar-refractivity contribution in [2.75, 3.05) is 18.5 Å². The normalized spacial score (nSPS) is 12.7. The molecule has 0 fully saturated rings. The molecule has 126 valence electrons. The number of amides is 1. The molecule has 4 rings (SSSR count). The monoisotopic (exact) mass is 339 g/mol. The molecule has 0 atom stereocenters. The highest BCUT2D eigenvalue weighted by atomic mass is 19.1. The number of hydrogen-bond acceptors (Lipinski definition) is 4. The van der Waals surface area contributed by atoms with E-state index in [2.05, 4.69) is 5.32 Å². The summed E-state index contributed by atoms with van der Waals surface area (Å²) in [5, 5.41) is 2.73. The summed E-state index contributed by atoms with van der Waals surface area (Å²) in [6, 6.07) is 14.4. The molecular formula is C19H14FNO4. The maximum atomic E-state index is 13.8. The van der Waals surface area contributed by atoms with Crippen molar-refractivity contribution in [1.29, 1.82) is 0 Å². The van der Waals surface area contributed by atoms with E-state index in [4.69, 9.17) is 13.9 Å². The Balaban J connectivity index is 1.53. The third-order valence-corrected chi connectivity index (χ3v) is 3.77. The van der Waals surface area contributed by atoms with E-state index in [1.807, 2.05) is 0 Å². The average molecular weight is 339 g/mol. The van der Waals surface area contributed by atoms with Crippen molar-refractivity contribution in [3.05, 3.63) is 66.2 Å². The summed E-state index contributed by atoms with van der Waals surface area (Å²) in [6.07, 6.45) is 0. The van der Waals surface area contributed by atoms with Gasteiger partial charge in [0.2, 0.25) is 0 Å². The van der Waals surface area contributed by atoms with Gasteiger partial charge in [0.1, 0.15) is 24.8 Å². The molecule has 0 spiro atoms. The Bertz CT molecular complexity index is 935. The van der Waals surface area contributed by atoms with E-state index in [-0.39, 0.29) is 5.76 Å². The van der Waals surface area contributed by atoms with E-state index in [9.17, 15) is 9.18 Å². The van der Waals surface area contributed by atoms with Gasteiger partial charge in [-0.3, -0.25) is 4.79 Å². The fraction of sp³-hybridized carbons (Fsp3) is 0.105. The molecule has 1 aliphatic heterocycles. The van der Waals surface area contributed by atoms with Crippen molar-refractivity contribution >= 4 is 11.6 Å². The molecular weight excluding hydrogens is 325 g/mol. The van der Waals surface area contributed by atoms with Crippen molar-refractivity contribution in [3.8, 4) is 22.8 Å². The number of nitrogens with one attached hydrogen (secondary N) is 1. The number of carbonyl (C=O) groups is 1. The van der Waals surface area contributed by atoms with Crippen LogP contribution in [0.5, 0.6) is 11.5 Å². The van der Waals surface area contributed by atoms with Gasteiger partial charge in [-0.2, -0.15) is 0 Å². The van der Waals surface area contributed by atoms with Gasteiger partial charge in [-0.15, -0.1) is 0 Å². The minimum atomic E-state index is -0.431. The number of anilines is 1. The van der Waals surface area contributed by atoms with Crippen LogP contribution in [0.15, 0.2) is 59.0 Å². The Kier molecular flexibility index (Phi) is 3.85. The highest BCUT2D eigenvalue weighted by molar-refractivity contribution is 6.02. The molecule has 0 aliphatic carbocycles. The van der Waals surface area contributed by atoms with E-state index >= 15 is 0 Å². The maximum absolute atomic E-state index is 13.8. The smallest absolute Gasteiger partial charge is 0.291 e. The number of benzene rings is 2. The lowest BCUT2D eigenvalue weighted by Crippen LogP contribution is -2.16. The summed E-state index contributed by atoms with van der Waals surface area (Å²) < 4.78 is 30.2. The van der Waals surface area contributed by atoms with Crippen LogP contribution < -0.4 is 14.8 Å². The number of carbonyl (C=O) groups excluding carboxylic acids is 1. The van der Waals surface area contributed by atoms with Crippen LogP contribution in [0.4, 0.5) is 10.1 Å². The van der Waals surface area contributed by atoms with Crippen LogP contribution >= 0.6 is 0 Å². The third kappa shape index (κ3) is 3.06.